The van der Waals surface area contributed by atoms with Gasteiger partial charge < -0.3 is 5.32 Å². The third kappa shape index (κ3) is 2.86. The molecule has 2 aliphatic rings. The van der Waals surface area contributed by atoms with E-state index >= 15 is 0 Å². The minimum absolute atomic E-state index is 0.159. The van der Waals surface area contributed by atoms with Crippen LogP contribution >= 0.6 is 23.2 Å². The van der Waals surface area contributed by atoms with Crippen LogP contribution in [0.25, 0.3) is 11.1 Å². The van der Waals surface area contributed by atoms with Crippen LogP contribution in [0, 0.1) is 5.92 Å². The first kappa shape index (κ1) is 16.9. The predicted molar refractivity (Wildman–Crippen MR) is 115 cm³/mol. The number of benzene rings is 3. The summed E-state index contributed by atoms with van der Waals surface area (Å²) in [6.07, 6.45) is 5.71. The minimum atomic E-state index is 0.159. The van der Waals surface area contributed by atoms with Crippen LogP contribution in [0.3, 0.4) is 0 Å². The molecule has 1 N–H and O–H groups in total. The highest BCUT2D eigenvalue weighted by molar-refractivity contribution is 6.35. The molecule has 1 heterocycles. The lowest BCUT2D eigenvalue weighted by Crippen LogP contribution is -2.29. The molecule has 0 unspecified atom stereocenters. The number of nitrogens with one attached hydrogen (secondary N) is 1. The molecule has 0 aromatic heterocycles. The Kier molecular flexibility index (Phi) is 4.22. The van der Waals surface area contributed by atoms with Crippen molar-refractivity contribution in [2.24, 2.45) is 5.92 Å². The topological polar surface area (TPSA) is 12.0 Å². The fourth-order valence-electron chi connectivity index (χ4n) is 4.54. The van der Waals surface area contributed by atoms with Gasteiger partial charge in [0, 0.05) is 27.2 Å². The van der Waals surface area contributed by atoms with Crippen LogP contribution in [0.2, 0.25) is 10.0 Å². The van der Waals surface area contributed by atoms with Gasteiger partial charge in [0.15, 0.2) is 0 Å². The maximum absolute atomic E-state index is 6.59. The summed E-state index contributed by atoms with van der Waals surface area (Å²) in [7, 11) is 0. The summed E-state index contributed by atoms with van der Waals surface area (Å²) in [5.41, 5.74) is 6.17. The molecule has 3 aromatic carbocycles. The Bertz CT molecular complexity index is 1030. The lowest BCUT2D eigenvalue weighted by atomic mass is 9.76. The molecule has 0 spiro atoms. The second-order valence-electron chi connectivity index (χ2n) is 7.28. The van der Waals surface area contributed by atoms with Crippen LogP contribution in [-0.2, 0) is 0 Å². The van der Waals surface area contributed by atoms with Gasteiger partial charge in [-0.1, -0.05) is 90.0 Å². The molecule has 0 saturated carbocycles. The Morgan fingerprint density at radius 3 is 2.52 bits per heavy atom. The molecule has 0 radical (unpaired) electrons. The number of hydrogen-bond acceptors (Lipinski definition) is 1. The molecule has 1 aliphatic carbocycles. The van der Waals surface area contributed by atoms with Gasteiger partial charge in [0.25, 0.3) is 0 Å². The van der Waals surface area contributed by atoms with E-state index in [4.69, 9.17) is 23.2 Å². The molecule has 0 bridgehead atoms. The highest BCUT2D eigenvalue weighted by Gasteiger charge is 2.39. The number of fused-ring (bicyclic) bond motifs is 3. The van der Waals surface area contributed by atoms with Gasteiger partial charge in [0.1, 0.15) is 0 Å². The van der Waals surface area contributed by atoms with Gasteiger partial charge in [-0.05, 0) is 41.2 Å². The largest absolute Gasteiger partial charge is 0.377 e. The molecule has 1 aliphatic heterocycles. The third-order valence-electron chi connectivity index (χ3n) is 5.78. The maximum Gasteiger partial charge on any atom is 0.0568 e. The number of hydrogen-bond donors (Lipinski definition) is 1. The van der Waals surface area contributed by atoms with Crippen molar-refractivity contribution in [1.82, 2.24) is 0 Å². The lowest BCUT2D eigenvalue weighted by molar-refractivity contribution is 0.426. The van der Waals surface area contributed by atoms with Crippen molar-refractivity contribution in [2.75, 3.05) is 5.32 Å². The maximum atomic E-state index is 6.59. The Balaban J connectivity index is 1.66. The van der Waals surface area contributed by atoms with Crippen molar-refractivity contribution in [3.8, 4) is 11.1 Å². The third-order valence-corrected chi connectivity index (χ3v) is 6.34. The summed E-state index contributed by atoms with van der Waals surface area (Å²) in [6.45, 7) is 0. The van der Waals surface area contributed by atoms with E-state index in [2.05, 4.69) is 72.1 Å². The fourth-order valence-corrected chi connectivity index (χ4v) is 5.07. The van der Waals surface area contributed by atoms with E-state index in [1.807, 2.05) is 12.1 Å². The van der Waals surface area contributed by atoms with E-state index in [9.17, 15) is 0 Å². The van der Waals surface area contributed by atoms with Crippen molar-refractivity contribution in [1.29, 1.82) is 0 Å². The van der Waals surface area contributed by atoms with Crippen LogP contribution in [0.4, 0.5) is 5.69 Å². The Morgan fingerprint density at radius 1 is 0.852 bits per heavy atom. The molecule has 0 saturated heterocycles. The number of rotatable bonds is 2. The first-order valence-corrected chi connectivity index (χ1v) is 10.0. The second-order valence-corrected chi connectivity index (χ2v) is 8.12. The van der Waals surface area contributed by atoms with E-state index in [1.165, 1.54) is 22.4 Å². The summed E-state index contributed by atoms with van der Waals surface area (Å²) >= 11 is 12.7. The quantitative estimate of drug-likeness (QED) is 0.446. The van der Waals surface area contributed by atoms with Gasteiger partial charge in [-0.15, -0.1) is 0 Å². The molecule has 0 fully saturated rings. The SMILES string of the molecule is Clc1ccc([C@@H]2Nc3c(-c4ccccc4)cccc3[C@@H]3C=CC[C@@H]32)c(Cl)c1. The van der Waals surface area contributed by atoms with Crippen molar-refractivity contribution >= 4 is 28.9 Å². The molecule has 5 rings (SSSR count). The Hall–Kier alpha value is -2.22. The predicted octanol–water partition coefficient (Wildman–Crippen LogP) is 7.49. The first-order valence-electron chi connectivity index (χ1n) is 9.29. The summed E-state index contributed by atoms with van der Waals surface area (Å²) in [6, 6.07) is 23.2. The highest BCUT2D eigenvalue weighted by atomic mass is 35.5. The number of halogens is 2. The van der Waals surface area contributed by atoms with Gasteiger partial charge in [0.05, 0.1) is 6.04 Å². The lowest BCUT2D eigenvalue weighted by Gasteiger charge is -2.39. The minimum Gasteiger partial charge on any atom is -0.377 e. The van der Waals surface area contributed by atoms with Crippen molar-refractivity contribution in [3.05, 3.63) is 100 Å². The first-order chi connectivity index (χ1) is 13.2. The number of anilines is 1. The molecule has 3 atom stereocenters. The van der Waals surface area contributed by atoms with Gasteiger partial charge in [-0.25, -0.2) is 0 Å². The van der Waals surface area contributed by atoms with Crippen molar-refractivity contribution < 1.29 is 0 Å². The normalized spacial score (nSPS) is 22.8. The van der Waals surface area contributed by atoms with Gasteiger partial charge >= 0.3 is 0 Å². The Labute approximate surface area is 169 Å². The van der Waals surface area contributed by atoms with Crippen molar-refractivity contribution in [3.63, 3.8) is 0 Å². The van der Waals surface area contributed by atoms with E-state index in [0.717, 1.165) is 17.0 Å². The molecular formula is C24H19Cl2N. The second kappa shape index (κ2) is 6.74. The molecule has 3 aromatic rings. The molecule has 134 valence electrons. The number of allylic oxidation sites excluding steroid dienone is 2. The average molecular weight is 392 g/mol. The summed E-state index contributed by atoms with van der Waals surface area (Å²) in [5.74, 6) is 0.865. The standard InChI is InChI=1S/C24H19Cl2N/c25-16-12-13-21(22(26)14-16)24-20-11-5-9-18(20)19-10-4-8-17(23(19)27-24)15-6-2-1-3-7-15/h1-10,12-14,18,20,24,27H,11H2/t18-,20-,24+/m0/s1. The van der Waals surface area contributed by atoms with Crippen LogP contribution in [0.5, 0.6) is 0 Å². The smallest absolute Gasteiger partial charge is 0.0568 e. The fraction of sp³-hybridized carbons (Fsp3) is 0.167. The van der Waals surface area contributed by atoms with Crippen LogP contribution in [-0.4, -0.2) is 0 Å². The van der Waals surface area contributed by atoms with Crippen LogP contribution in [0.15, 0.2) is 78.9 Å². The number of para-hydroxylation sites is 1. The Morgan fingerprint density at radius 2 is 1.70 bits per heavy atom. The van der Waals surface area contributed by atoms with Gasteiger partial charge in [-0.2, -0.15) is 0 Å². The molecule has 0 amide bonds. The molecular weight excluding hydrogens is 373 g/mol. The summed E-state index contributed by atoms with van der Waals surface area (Å²) < 4.78 is 0. The zero-order valence-electron chi connectivity index (χ0n) is 14.7. The van der Waals surface area contributed by atoms with E-state index in [1.54, 1.807) is 0 Å². The van der Waals surface area contributed by atoms with Crippen molar-refractivity contribution in [2.45, 2.75) is 18.4 Å². The van der Waals surface area contributed by atoms with E-state index in [0.29, 0.717) is 16.9 Å². The zero-order chi connectivity index (χ0) is 18.4. The summed E-state index contributed by atoms with van der Waals surface area (Å²) in [4.78, 5) is 0. The molecule has 3 heteroatoms. The van der Waals surface area contributed by atoms with Crippen LogP contribution in [0.1, 0.15) is 29.5 Å². The van der Waals surface area contributed by atoms with Gasteiger partial charge in [0.2, 0.25) is 0 Å². The molecule has 27 heavy (non-hydrogen) atoms. The molecule has 1 nitrogen and oxygen atoms in total. The zero-order valence-corrected chi connectivity index (χ0v) is 16.2. The van der Waals surface area contributed by atoms with Gasteiger partial charge in [-0.3, -0.25) is 0 Å². The summed E-state index contributed by atoms with van der Waals surface area (Å²) in [5, 5.41) is 5.24. The highest BCUT2D eigenvalue weighted by Crippen LogP contribution is 2.53. The van der Waals surface area contributed by atoms with Crippen LogP contribution < -0.4 is 5.32 Å². The van der Waals surface area contributed by atoms with E-state index in [-0.39, 0.29) is 6.04 Å². The van der Waals surface area contributed by atoms with E-state index < -0.39 is 0 Å². The average Bonchev–Trinajstić information content (AvgIpc) is 3.18. The monoisotopic (exact) mass is 391 g/mol.